The molecule has 0 bridgehead atoms. The Bertz CT molecular complexity index is 645. The summed E-state index contributed by atoms with van der Waals surface area (Å²) in [6.45, 7) is 10.8. The van der Waals surface area contributed by atoms with Gasteiger partial charge < -0.3 is 9.80 Å². The second-order valence-corrected chi connectivity index (χ2v) is 10.7. The van der Waals surface area contributed by atoms with Crippen molar-refractivity contribution >= 4 is 11.8 Å². The predicted molar refractivity (Wildman–Crippen MR) is 112 cm³/mol. The number of carbonyl (C=O) groups is 2. The molecule has 4 rings (SSSR count). The number of hydrogen-bond donors (Lipinski definition) is 0. The van der Waals surface area contributed by atoms with Crippen LogP contribution in [-0.4, -0.2) is 47.8 Å². The molecular formula is C24H40N2O2. The Labute approximate surface area is 171 Å². The van der Waals surface area contributed by atoms with Crippen LogP contribution in [0.15, 0.2) is 0 Å². The molecule has 7 atom stereocenters. The summed E-state index contributed by atoms with van der Waals surface area (Å²) in [5.41, 5.74) is 0.453. The minimum Gasteiger partial charge on any atom is -0.343 e. The molecule has 4 fully saturated rings. The average molecular weight is 389 g/mol. The minimum absolute atomic E-state index is 0.181. The molecule has 1 saturated heterocycles. The van der Waals surface area contributed by atoms with Crippen LogP contribution in [0.1, 0.15) is 79.1 Å². The summed E-state index contributed by atoms with van der Waals surface area (Å²) in [6, 6.07) is 0.425. The largest absolute Gasteiger partial charge is 0.343 e. The molecular weight excluding hydrogens is 348 g/mol. The van der Waals surface area contributed by atoms with Crippen LogP contribution in [-0.2, 0) is 9.59 Å². The van der Waals surface area contributed by atoms with Crippen LogP contribution in [0.2, 0.25) is 0 Å². The fourth-order valence-electron chi connectivity index (χ4n) is 8.31. The van der Waals surface area contributed by atoms with Gasteiger partial charge in [-0.05, 0) is 87.4 Å². The molecule has 4 aliphatic rings. The Hall–Kier alpha value is -1.06. The summed E-state index contributed by atoms with van der Waals surface area (Å²) >= 11 is 0. The minimum atomic E-state index is 0.181. The lowest BCUT2D eigenvalue weighted by Gasteiger charge is -2.61. The maximum atomic E-state index is 13.3. The van der Waals surface area contributed by atoms with Gasteiger partial charge in [-0.15, -0.1) is 0 Å². The Morgan fingerprint density at radius 3 is 2.36 bits per heavy atom. The molecule has 5 unspecified atom stereocenters. The van der Waals surface area contributed by atoms with E-state index >= 15 is 0 Å². The Balaban J connectivity index is 1.58. The van der Waals surface area contributed by atoms with E-state index in [1.807, 2.05) is 7.05 Å². The van der Waals surface area contributed by atoms with E-state index in [-0.39, 0.29) is 16.7 Å². The highest BCUT2D eigenvalue weighted by molar-refractivity contribution is 5.80. The lowest BCUT2D eigenvalue weighted by molar-refractivity contribution is -0.161. The second-order valence-electron chi connectivity index (χ2n) is 10.7. The molecule has 3 aliphatic carbocycles. The van der Waals surface area contributed by atoms with Gasteiger partial charge in [-0.1, -0.05) is 13.8 Å². The van der Waals surface area contributed by atoms with Crippen molar-refractivity contribution in [3.63, 3.8) is 0 Å². The molecule has 0 aromatic carbocycles. The van der Waals surface area contributed by atoms with Gasteiger partial charge in [0.1, 0.15) is 0 Å². The first kappa shape index (κ1) is 20.2. The molecule has 1 heterocycles. The first-order chi connectivity index (χ1) is 13.3. The van der Waals surface area contributed by atoms with Crippen molar-refractivity contribution in [2.45, 2.75) is 85.1 Å². The van der Waals surface area contributed by atoms with Gasteiger partial charge in [-0.25, -0.2) is 0 Å². The first-order valence-corrected chi connectivity index (χ1v) is 11.8. The van der Waals surface area contributed by atoms with Gasteiger partial charge in [0.15, 0.2) is 0 Å². The topological polar surface area (TPSA) is 40.6 Å². The number of fused-ring (bicyclic) bond motifs is 5. The quantitative estimate of drug-likeness (QED) is 0.722. The van der Waals surface area contributed by atoms with Crippen molar-refractivity contribution in [1.29, 1.82) is 0 Å². The van der Waals surface area contributed by atoms with E-state index in [1.165, 1.54) is 25.7 Å². The molecule has 158 valence electrons. The van der Waals surface area contributed by atoms with Crippen LogP contribution in [0.25, 0.3) is 0 Å². The summed E-state index contributed by atoms with van der Waals surface area (Å²) in [7, 11) is 2.03. The highest BCUT2D eigenvalue weighted by Crippen LogP contribution is 2.66. The highest BCUT2D eigenvalue weighted by atomic mass is 16.2. The van der Waals surface area contributed by atoms with E-state index in [4.69, 9.17) is 0 Å². The third-order valence-electron chi connectivity index (χ3n) is 9.93. The smallest absolute Gasteiger partial charge is 0.226 e. The van der Waals surface area contributed by atoms with Crippen molar-refractivity contribution in [1.82, 2.24) is 9.80 Å². The van der Waals surface area contributed by atoms with Crippen molar-refractivity contribution in [2.75, 3.05) is 20.1 Å². The third-order valence-corrected chi connectivity index (χ3v) is 9.93. The molecule has 0 spiro atoms. The lowest BCUT2D eigenvalue weighted by Crippen LogP contribution is -2.61. The van der Waals surface area contributed by atoms with Crippen molar-refractivity contribution in [3.05, 3.63) is 0 Å². The van der Waals surface area contributed by atoms with Crippen molar-refractivity contribution in [2.24, 2.45) is 34.5 Å². The number of likely N-dealkylation sites (tertiary alicyclic amines) is 1. The zero-order chi connectivity index (χ0) is 20.3. The fraction of sp³-hybridized carbons (Fsp3) is 0.917. The van der Waals surface area contributed by atoms with E-state index in [2.05, 4.69) is 37.5 Å². The number of nitrogens with zero attached hydrogens (tertiary/aromatic N) is 2. The fourth-order valence-corrected chi connectivity index (χ4v) is 8.31. The molecule has 0 aromatic rings. The molecule has 0 radical (unpaired) electrons. The highest BCUT2D eigenvalue weighted by Gasteiger charge is 2.62. The number of hydrogen-bond acceptors (Lipinski definition) is 2. The maximum Gasteiger partial charge on any atom is 0.226 e. The second kappa shape index (κ2) is 7.02. The summed E-state index contributed by atoms with van der Waals surface area (Å²) < 4.78 is 0. The van der Waals surface area contributed by atoms with E-state index < -0.39 is 0 Å². The zero-order valence-corrected chi connectivity index (χ0v) is 18.7. The van der Waals surface area contributed by atoms with E-state index in [0.717, 1.165) is 50.6 Å². The molecule has 0 aromatic heterocycles. The number of rotatable bonds is 3. The van der Waals surface area contributed by atoms with Gasteiger partial charge in [-0.3, -0.25) is 9.59 Å². The number of piperidine rings is 1. The van der Waals surface area contributed by atoms with Gasteiger partial charge in [0.05, 0.1) is 0 Å². The predicted octanol–water partition coefficient (Wildman–Crippen LogP) is 4.33. The number of amides is 2. The first-order valence-electron chi connectivity index (χ1n) is 11.8. The van der Waals surface area contributed by atoms with Crippen LogP contribution >= 0.6 is 0 Å². The maximum absolute atomic E-state index is 13.3. The summed E-state index contributed by atoms with van der Waals surface area (Å²) in [6.07, 6.45) is 8.93. The Kier molecular flexibility index (Phi) is 5.07. The molecule has 2 amide bonds. The van der Waals surface area contributed by atoms with Gasteiger partial charge in [0.25, 0.3) is 0 Å². The summed E-state index contributed by atoms with van der Waals surface area (Å²) in [4.78, 5) is 29.7. The van der Waals surface area contributed by atoms with Crippen LogP contribution < -0.4 is 0 Å². The van der Waals surface area contributed by atoms with Gasteiger partial charge in [0.2, 0.25) is 11.8 Å². The summed E-state index contributed by atoms with van der Waals surface area (Å²) in [5.74, 6) is 3.14. The monoisotopic (exact) mass is 388 g/mol. The van der Waals surface area contributed by atoms with Crippen LogP contribution in [0.3, 0.4) is 0 Å². The van der Waals surface area contributed by atoms with Gasteiger partial charge in [0, 0.05) is 38.5 Å². The van der Waals surface area contributed by atoms with Crippen molar-refractivity contribution < 1.29 is 9.59 Å². The Morgan fingerprint density at radius 2 is 1.68 bits per heavy atom. The van der Waals surface area contributed by atoms with Crippen LogP contribution in [0.4, 0.5) is 0 Å². The third kappa shape index (κ3) is 2.69. The van der Waals surface area contributed by atoms with E-state index in [0.29, 0.717) is 23.8 Å². The van der Waals surface area contributed by atoms with Crippen molar-refractivity contribution in [3.8, 4) is 0 Å². The lowest BCUT2D eigenvalue weighted by atomic mass is 9.47. The molecule has 3 saturated carbocycles. The van der Waals surface area contributed by atoms with Gasteiger partial charge >= 0.3 is 0 Å². The van der Waals surface area contributed by atoms with Gasteiger partial charge in [-0.2, -0.15) is 0 Å². The molecule has 4 heteroatoms. The SMILES string of the molecule is CCN(CC)C(=O)[C@H]1CCC2C3CC[C@H]4N(C)C(=O)CCC4(C)C3CCC21C. The molecule has 4 nitrogen and oxygen atoms in total. The molecule has 0 N–H and O–H groups in total. The molecule has 28 heavy (non-hydrogen) atoms. The molecule has 1 aliphatic heterocycles. The van der Waals surface area contributed by atoms with Crippen LogP contribution in [0, 0.1) is 34.5 Å². The standard InChI is InChI=1S/C24H40N2O2/c1-6-26(7-2)22(28)19-10-9-17-16-8-11-20-24(4,15-13-21(27)25(20)5)18(16)12-14-23(17,19)3/h16-20H,6-15H2,1-5H3/t16?,17?,18?,19-,20-,23?,24?/m1/s1. The average Bonchev–Trinajstić information content (AvgIpc) is 3.03. The Morgan fingerprint density at radius 1 is 1.00 bits per heavy atom. The normalized spacial score (nSPS) is 45.2. The zero-order valence-electron chi connectivity index (χ0n) is 18.7. The summed E-state index contributed by atoms with van der Waals surface area (Å²) in [5, 5.41) is 0. The van der Waals surface area contributed by atoms with E-state index in [9.17, 15) is 9.59 Å². The number of carbonyl (C=O) groups excluding carboxylic acids is 2. The van der Waals surface area contributed by atoms with E-state index in [1.54, 1.807) is 0 Å². The van der Waals surface area contributed by atoms with Crippen LogP contribution in [0.5, 0.6) is 0 Å².